The highest BCUT2D eigenvalue weighted by Gasteiger charge is 2.21. The number of para-hydroxylation sites is 1. The fraction of sp³-hybridized carbons (Fsp3) is 0.500. The van der Waals surface area contributed by atoms with Crippen LogP contribution in [0.3, 0.4) is 0 Å². The van der Waals surface area contributed by atoms with Crippen molar-refractivity contribution in [2.75, 3.05) is 38.3 Å². The molecular weight excluding hydrogens is 228 g/mol. The number of carbonyl (C=O) groups is 1. The molecule has 18 heavy (non-hydrogen) atoms. The fourth-order valence-electron chi connectivity index (χ4n) is 2.26. The van der Waals surface area contributed by atoms with E-state index in [1.165, 1.54) is 5.56 Å². The number of fused-ring (bicyclic) bond motifs is 1. The highest BCUT2D eigenvalue weighted by atomic mass is 16.5. The Bertz CT molecular complexity index is 407. The lowest BCUT2D eigenvalue weighted by atomic mass is 10.0. The summed E-state index contributed by atoms with van der Waals surface area (Å²) in [6.45, 7) is 2.53. The van der Waals surface area contributed by atoms with Gasteiger partial charge in [0, 0.05) is 25.9 Å². The Hall–Kier alpha value is -1.39. The van der Waals surface area contributed by atoms with Crippen LogP contribution in [0.2, 0.25) is 0 Å². The molecule has 0 bridgehead atoms. The van der Waals surface area contributed by atoms with Gasteiger partial charge in [-0.05, 0) is 24.5 Å². The zero-order valence-electron chi connectivity index (χ0n) is 10.8. The van der Waals surface area contributed by atoms with Crippen LogP contribution in [0.5, 0.6) is 0 Å². The van der Waals surface area contributed by atoms with Gasteiger partial charge in [0.1, 0.15) is 0 Å². The third kappa shape index (κ3) is 3.09. The number of methoxy groups -OCH3 is 1. The quantitative estimate of drug-likeness (QED) is 0.796. The number of carbonyl (C=O) groups excluding carboxylic acids is 1. The summed E-state index contributed by atoms with van der Waals surface area (Å²) >= 11 is 0. The Balaban J connectivity index is 1.95. The smallest absolute Gasteiger partial charge is 0.240 e. The summed E-state index contributed by atoms with van der Waals surface area (Å²) in [5.74, 6) is 0.137. The van der Waals surface area contributed by atoms with Gasteiger partial charge in [-0.25, -0.2) is 0 Å². The maximum Gasteiger partial charge on any atom is 0.240 e. The number of anilines is 1. The molecule has 0 saturated carbocycles. The molecule has 1 amide bonds. The molecule has 4 heteroatoms. The minimum atomic E-state index is 0.137. The van der Waals surface area contributed by atoms with Gasteiger partial charge in [-0.15, -0.1) is 0 Å². The minimum Gasteiger partial charge on any atom is -0.383 e. The van der Waals surface area contributed by atoms with Gasteiger partial charge in [-0.1, -0.05) is 18.2 Å². The minimum absolute atomic E-state index is 0.137. The zero-order chi connectivity index (χ0) is 12.8. The Morgan fingerprint density at radius 3 is 3.11 bits per heavy atom. The molecule has 1 heterocycles. The summed E-state index contributed by atoms with van der Waals surface area (Å²) in [5, 5.41) is 3.10. The van der Waals surface area contributed by atoms with Crippen LogP contribution >= 0.6 is 0 Å². The lowest BCUT2D eigenvalue weighted by molar-refractivity contribution is -0.117. The van der Waals surface area contributed by atoms with Crippen LogP contribution in [0.4, 0.5) is 5.69 Å². The second-order valence-corrected chi connectivity index (χ2v) is 4.45. The molecule has 0 unspecified atom stereocenters. The second kappa shape index (κ2) is 6.52. The number of aryl methyl sites for hydroxylation is 1. The first-order chi connectivity index (χ1) is 8.83. The van der Waals surface area contributed by atoms with Crippen LogP contribution in [-0.4, -0.2) is 39.3 Å². The summed E-state index contributed by atoms with van der Waals surface area (Å²) in [7, 11) is 1.66. The Morgan fingerprint density at radius 1 is 1.44 bits per heavy atom. The van der Waals surface area contributed by atoms with Crippen LogP contribution in [0.25, 0.3) is 0 Å². The van der Waals surface area contributed by atoms with Crippen molar-refractivity contribution < 1.29 is 9.53 Å². The number of rotatable bonds is 5. The van der Waals surface area contributed by atoms with Gasteiger partial charge in [0.05, 0.1) is 13.2 Å². The van der Waals surface area contributed by atoms with E-state index >= 15 is 0 Å². The zero-order valence-corrected chi connectivity index (χ0v) is 10.8. The number of ether oxygens (including phenoxy) is 1. The number of hydrogen-bond acceptors (Lipinski definition) is 3. The molecule has 0 atom stereocenters. The van der Waals surface area contributed by atoms with Crippen molar-refractivity contribution in [2.24, 2.45) is 0 Å². The maximum atomic E-state index is 12.1. The number of nitrogens with zero attached hydrogens (tertiary/aromatic N) is 1. The molecular formula is C14H20N2O2. The monoisotopic (exact) mass is 248 g/mol. The molecule has 0 fully saturated rings. The number of nitrogens with one attached hydrogen (secondary N) is 1. The van der Waals surface area contributed by atoms with Gasteiger partial charge in [-0.2, -0.15) is 0 Å². The summed E-state index contributed by atoms with van der Waals surface area (Å²) in [5.41, 5.74) is 2.34. The van der Waals surface area contributed by atoms with Crippen molar-refractivity contribution in [3.05, 3.63) is 29.8 Å². The van der Waals surface area contributed by atoms with E-state index in [-0.39, 0.29) is 5.91 Å². The van der Waals surface area contributed by atoms with Crippen molar-refractivity contribution in [2.45, 2.75) is 12.8 Å². The molecule has 98 valence electrons. The van der Waals surface area contributed by atoms with Crippen LogP contribution in [-0.2, 0) is 16.0 Å². The molecule has 0 radical (unpaired) electrons. The molecule has 2 rings (SSSR count). The Kier molecular flexibility index (Phi) is 4.73. The van der Waals surface area contributed by atoms with E-state index in [4.69, 9.17) is 4.74 Å². The first-order valence-electron chi connectivity index (χ1n) is 6.41. The van der Waals surface area contributed by atoms with E-state index in [1.807, 2.05) is 23.1 Å². The number of benzene rings is 1. The Labute approximate surface area is 108 Å². The third-order valence-electron chi connectivity index (χ3n) is 3.17. The van der Waals surface area contributed by atoms with Gasteiger partial charge in [0.15, 0.2) is 0 Å². The maximum absolute atomic E-state index is 12.1. The lowest BCUT2D eigenvalue weighted by Gasteiger charge is -2.29. The van der Waals surface area contributed by atoms with Crippen LogP contribution in [0, 0.1) is 0 Å². The van der Waals surface area contributed by atoms with Gasteiger partial charge >= 0.3 is 0 Å². The molecule has 0 spiro atoms. The molecule has 0 saturated heterocycles. The van der Waals surface area contributed by atoms with Gasteiger partial charge in [0.2, 0.25) is 5.91 Å². The highest BCUT2D eigenvalue weighted by Crippen LogP contribution is 2.26. The van der Waals surface area contributed by atoms with E-state index in [9.17, 15) is 4.79 Å². The molecule has 0 aromatic heterocycles. The average Bonchev–Trinajstić information content (AvgIpc) is 2.43. The summed E-state index contributed by atoms with van der Waals surface area (Å²) < 4.78 is 4.94. The normalized spacial score (nSPS) is 14.4. The van der Waals surface area contributed by atoms with Gasteiger partial charge in [-0.3, -0.25) is 4.79 Å². The Morgan fingerprint density at radius 2 is 2.28 bits per heavy atom. The van der Waals surface area contributed by atoms with Crippen LogP contribution in [0.15, 0.2) is 24.3 Å². The molecule has 0 aliphatic carbocycles. The van der Waals surface area contributed by atoms with Gasteiger partial charge in [0.25, 0.3) is 0 Å². The molecule has 1 N–H and O–H groups in total. The number of hydrogen-bond donors (Lipinski definition) is 1. The van der Waals surface area contributed by atoms with Crippen LogP contribution < -0.4 is 10.2 Å². The fourth-order valence-corrected chi connectivity index (χ4v) is 2.26. The molecule has 4 nitrogen and oxygen atoms in total. The van der Waals surface area contributed by atoms with E-state index in [0.717, 1.165) is 25.1 Å². The molecule has 1 aromatic carbocycles. The standard InChI is InChI=1S/C14H20N2O2/c1-18-10-8-15-11-14(17)16-9-4-6-12-5-2-3-7-13(12)16/h2-3,5,7,15H,4,6,8-11H2,1H3. The highest BCUT2D eigenvalue weighted by molar-refractivity contribution is 5.95. The van der Waals surface area contributed by atoms with E-state index < -0.39 is 0 Å². The first kappa shape index (κ1) is 13.1. The first-order valence-corrected chi connectivity index (χ1v) is 6.41. The topological polar surface area (TPSA) is 41.6 Å². The largest absolute Gasteiger partial charge is 0.383 e. The van der Waals surface area contributed by atoms with Gasteiger partial charge < -0.3 is 15.0 Å². The molecule has 1 aromatic rings. The third-order valence-corrected chi connectivity index (χ3v) is 3.17. The average molecular weight is 248 g/mol. The lowest BCUT2D eigenvalue weighted by Crippen LogP contribution is -2.41. The van der Waals surface area contributed by atoms with E-state index in [2.05, 4.69) is 11.4 Å². The predicted octanol–water partition coefficient (Wildman–Crippen LogP) is 1.20. The van der Waals surface area contributed by atoms with Crippen molar-refractivity contribution in [3.8, 4) is 0 Å². The predicted molar refractivity (Wildman–Crippen MR) is 71.9 cm³/mol. The van der Waals surface area contributed by atoms with Crippen molar-refractivity contribution >= 4 is 11.6 Å². The van der Waals surface area contributed by atoms with E-state index in [1.54, 1.807) is 7.11 Å². The summed E-state index contributed by atoms with van der Waals surface area (Å²) in [4.78, 5) is 14.0. The van der Waals surface area contributed by atoms with Crippen LogP contribution in [0.1, 0.15) is 12.0 Å². The second-order valence-electron chi connectivity index (χ2n) is 4.45. The van der Waals surface area contributed by atoms with Crippen molar-refractivity contribution in [1.29, 1.82) is 0 Å². The number of amides is 1. The SMILES string of the molecule is COCCNCC(=O)N1CCCc2ccccc21. The van der Waals surface area contributed by atoms with Crippen molar-refractivity contribution in [1.82, 2.24) is 5.32 Å². The molecule has 1 aliphatic heterocycles. The summed E-state index contributed by atoms with van der Waals surface area (Å²) in [6, 6.07) is 8.15. The van der Waals surface area contributed by atoms with Crippen molar-refractivity contribution in [3.63, 3.8) is 0 Å². The molecule has 1 aliphatic rings. The summed E-state index contributed by atoms with van der Waals surface area (Å²) in [6.07, 6.45) is 2.11. The van der Waals surface area contributed by atoms with E-state index in [0.29, 0.717) is 19.7 Å².